The molecule has 0 saturated carbocycles. The Morgan fingerprint density at radius 2 is 1.95 bits per heavy atom. The van der Waals surface area contributed by atoms with E-state index in [2.05, 4.69) is 26.6 Å². The number of carbonyl (C=O) groups excluding carboxylic acids is 1. The SMILES string of the molecule is CC(C(=O)Nc1ccc(Br)c2ccccc12)C1CNC1. The number of benzene rings is 2. The highest BCUT2D eigenvalue weighted by atomic mass is 79.9. The number of carbonyl (C=O) groups is 1. The molecule has 2 aromatic rings. The largest absolute Gasteiger partial charge is 0.325 e. The highest BCUT2D eigenvalue weighted by Gasteiger charge is 2.28. The lowest BCUT2D eigenvalue weighted by atomic mass is 9.88. The van der Waals surface area contributed by atoms with E-state index in [0.29, 0.717) is 5.92 Å². The zero-order valence-corrected chi connectivity index (χ0v) is 12.9. The van der Waals surface area contributed by atoms with Crippen molar-refractivity contribution < 1.29 is 4.79 Å². The van der Waals surface area contributed by atoms with Crippen LogP contribution < -0.4 is 10.6 Å². The maximum Gasteiger partial charge on any atom is 0.227 e. The summed E-state index contributed by atoms with van der Waals surface area (Å²) in [4.78, 5) is 12.3. The molecule has 0 bridgehead atoms. The molecular weight excluding hydrogens is 316 g/mol. The van der Waals surface area contributed by atoms with E-state index in [4.69, 9.17) is 0 Å². The Balaban J connectivity index is 1.87. The van der Waals surface area contributed by atoms with Crippen molar-refractivity contribution in [3.63, 3.8) is 0 Å². The third-order valence-electron chi connectivity index (χ3n) is 4.06. The lowest BCUT2D eigenvalue weighted by molar-refractivity contribution is -0.121. The van der Waals surface area contributed by atoms with Crippen molar-refractivity contribution in [2.24, 2.45) is 11.8 Å². The monoisotopic (exact) mass is 332 g/mol. The first-order valence-electron chi connectivity index (χ1n) is 6.85. The van der Waals surface area contributed by atoms with E-state index >= 15 is 0 Å². The van der Waals surface area contributed by atoms with Crippen LogP contribution in [0.15, 0.2) is 40.9 Å². The van der Waals surface area contributed by atoms with Crippen LogP contribution in [0, 0.1) is 11.8 Å². The molecule has 1 fully saturated rings. The number of rotatable bonds is 3. The molecule has 20 heavy (non-hydrogen) atoms. The third kappa shape index (κ3) is 2.45. The van der Waals surface area contributed by atoms with Gasteiger partial charge in [0, 0.05) is 21.5 Å². The molecular formula is C16H17BrN2O. The summed E-state index contributed by atoms with van der Waals surface area (Å²) in [5.41, 5.74) is 0.882. The van der Waals surface area contributed by atoms with Gasteiger partial charge in [-0.25, -0.2) is 0 Å². The Kier molecular flexibility index (Phi) is 3.76. The van der Waals surface area contributed by atoms with E-state index < -0.39 is 0 Å². The van der Waals surface area contributed by atoms with Gasteiger partial charge in [0.15, 0.2) is 0 Å². The summed E-state index contributed by atoms with van der Waals surface area (Å²) in [6.45, 7) is 3.88. The standard InChI is InChI=1S/C16H17BrN2O/c1-10(11-8-18-9-11)16(20)19-15-7-6-14(17)12-4-2-3-5-13(12)15/h2-7,10-11,18H,8-9H2,1H3,(H,19,20). The van der Waals surface area contributed by atoms with Gasteiger partial charge in [-0.1, -0.05) is 47.1 Å². The Labute approximate surface area is 126 Å². The second-order valence-electron chi connectivity index (χ2n) is 5.34. The van der Waals surface area contributed by atoms with Crippen LogP contribution >= 0.6 is 15.9 Å². The average molecular weight is 333 g/mol. The van der Waals surface area contributed by atoms with Gasteiger partial charge < -0.3 is 10.6 Å². The fraction of sp³-hybridized carbons (Fsp3) is 0.312. The number of hydrogen-bond donors (Lipinski definition) is 2. The molecule has 0 spiro atoms. The number of hydrogen-bond acceptors (Lipinski definition) is 2. The quantitative estimate of drug-likeness (QED) is 0.904. The average Bonchev–Trinajstić information content (AvgIpc) is 2.40. The highest BCUT2D eigenvalue weighted by molar-refractivity contribution is 9.10. The van der Waals surface area contributed by atoms with Crippen molar-refractivity contribution in [1.29, 1.82) is 0 Å². The summed E-state index contributed by atoms with van der Waals surface area (Å²) in [6, 6.07) is 12.0. The fourth-order valence-corrected chi connectivity index (χ4v) is 2.97. The van der Waals surface area contributed by atoms with Crippen LogP contribution in [0.1, 0.15) is 6.92 Å². The first-order valence-corrected chi connectivity index (χ1v) is 7.65. The van der Waals surface area contributed by atoms with E-state index in [1.807, 2.05) is 43.3 Å². The summed E-state index contributed by atoms with van der Waals surface area (Å²) >= 11 is 3.55. The number of anilines is 1. The van der Waals surface area contributed by atoms with Gasteiger partial charge in [0.25, 0.3) is 0 Å². The van der Waals surface area contributed by atoms with Crippen LogP contribution in [0.5, 0.6) is 0 Å². The molecule has 3 nitrogen and oxygen atoms in total. The van der Waals surface area contributed by atoms with Gasteiger partial charge >= 0.3 is 0 Å². The van der Waals surface area contributed by atoms with Gasteiger partial charge in [-0.05, 0) is 36.5 Å². The van der Waals surface area contributed by atoms with Crippen molar-refractivity contribution in [2.75, 3.05) is 18.4 Å². The van der Waals surface area contributed by atoms with Crippen molar-refractivity contribution in [3.8, 4) is 0 Å². The van der Waals surface area contributed by atoms with Crippen molar-refractivity contribution in [2.45, 2.75) is 6.92 Å². The Morgan fingerprint density at radius 1 is 1.25 bits per heavy atom. The number of nitrogens with one attached hydrogen (secondary N) is 2. The molecule has 1 atom stereocenters. The molecule has 1 aliphatic heterocycles. The lowest BCUT2D eigenvalue weighted by Crippen LogP contribution is -2.48. The molecule has 0 radical (unpaired) electrons. The molecule has 1 amide bonds. The van der Waals surface area contributed by atoms with Crippen LogP contribution in [-0.4, -0.2) is 19.0 Å². The van der Waals surface area contributed by atoms with Gasteiger partial charge in [-0.2, -0.15) is 0 Å². The van der Waals surface area contributed by atoms with Crippen LogP contribution in [0.4, 0.5) is 5.69 Å². The van der Waals surface area contributed by atoms with Crippen LogP contribution in [0.2, 0.25) is 0 Å². The lowest BCUT2D eigenvalue weighted by Gasteiger charge is -2.31. The third-order valence-corrected chi connectivity index (χ3v) is 4.75. The van der Waals surface area contributed by atoms with Gasteiger partial charge in [-0.15, -0.1) is 0 Å². The summed E-state index contributed by atoms with van der Waals surface area (Å²) < 4.78 is 1.04. The predicted octanol–water partition coefficient (Wildman–Crippen LogP) is 3.40. The molecule has 1 saturated heterocycles. The molecule has 4 heteroatoms. The summed E-state index contributed by atoms with van der Waals surface area (Å²) in [7, 11) is 0. The van der Waals surface area contributed by atoms with E-state index in [0.717, 1.165) is 34.0 Å². The molecule has 104 valence electrons. The fourth-order valence-electron chi connectivity index (χ4n) is 2.50. The molecule has 0 aliphatic carbocycles. The molecule has 2 aromatic carbocycles. The second-order valence-corrected chi connectivity index (χ2v) is 6.19. The Morgan fingerprint density at radius 3 is 2.60 bits per heavy atom. The van der Waals surface area contributed by atoms with Crippen molar-refractivity contribution >= 4 is 38.3 Å². The van der Waals surface area contributed by atoms with Gasteiger partial charge in [-0.3, -0.25) is 4.79 Å². The number of amides is 1. The molecule has 3 rings (SSSR count). The number of halogens is 1. The molecule has 2 N–H and O–H groups in total. The summed E-state index contributed by atoms with van der Waals surface area (Å²) in [5.74, 6) is 0.597. The minimum Gasteiger partial charge on any atom is -0.325 e. The zero-order chi connectivity index (χ0) is 14.1. The van der Waals surface area contributed by atoms with Crippen LogP contribution in [0.3, 0.4) is 0 Å². The minimum atomic E-state index is 0.0404. The van der Waals surface area contributed by atoms with Gasteiger partial charge in [0.1, 0.15) is 0 Å². The molecule has 1 heterocycles. The van der Waals surface area contributed by atoms with E-state index in [9.17, 15) is 4.79 Å². The first-order chi connectivity index (χ1) is 9.66. The molecule has 1 aliphatic rings. The van der Waals surface area contributed by atoms with Crippen molar-refractivity contribution in [1.82, 2.24) is 5.32 Å². The van der Waals surface area contributed by atoms with Crippen LogP contribution in [-0.2, 0) is 4.79 Å². The highest BCUT2D eigenvalue weighted by Crippen LogP contribution is 2.30. The summed E-state index contributed by atoms with van der Waals surface area (Å²) in [6.07, 6.45) is 0. The second kappa shape index (κ2) is 5.54. The van der Waals surface area contributed by atoms with E-state index in [1.165, 1.54) is 0 Å². The van der Waals surface area contributed by atoms with E-state index in [1.54, 1.807) is 0 Å². The normalized spacial score (nSPS) is 16.7. The molecule has 0 aromatic heterocycles. The molecule has 1 unspecified atom stereocenters. The summed E-state index contributed by atoms with van der Waals surface area (Å²) in [5, 5.41) is 8.46. The smallest absolute Gasteiger partial charge is 0.227 e. The maximum atomic E-state index is 12.3. The van der Waals surface area contributed by atoms with Crippen molar-refractivity contribution in [3.05, 3.63) is 40.9 Å². The Bertz CT molecular complexity index is 652. The zero-order valence-electron chi connectivity index (χ0n) is 11.3. The predicted molar refractivity (Wildman–Crippen MR) is 85.8 cm³/mol. The maximum absolute atomic E-state index is 12.3. The van der Waals surface area contributed by atoms with E-state index in [-0.39, 0.29) is 11.8 Å². The first kappa shape index (κ1) is 13.6. The van der Waals surface area contributed by atoms with Crippen LogP contribution in [0.25, 0.3) is 10.8 Å². The topological polar surface area (TPSA) is 41.1 Å². The van der Waals surface area contributed by atoms with Gasteiger partial charge in [0.05, 0.1) is 0 Å². The number of fused-ring (bicyclic) bond motifs is 1. The van der Waals surface area contributed by atoms with Gasteiger partial charge in [0.2, 0.25) is 5.91 Å². The Hall–Kier alpha value is -1.39. The minimum absolute atomic E-state index is 0.0404.